The van der Waals surface area contributed by atoms with Gasteiger partial charge < -0.3 is 15.5 Å². The van der Waals surface area contributed by atoms with E-state index in [1.165, 1.54) is 43.3 Å². The van der Waals surface area contributed by atoms with Crippen molar-refractivity contribution in [2.45, 2.75) is 13.0 Å². The van der Waals surface area contributed by atoms with Crippen LogP contribution in [0, 0.1) is 5.82 Å². The van der Waals surface area contributed by atoms with Crippen LogP contribution < -0.4 is 5.32 Å². The molecule has 0 bridgehead atoms. The van der Waals surface area contributed by atoms with Crippen LogP contribution in [0.15, 0.2) is 47.4 Å². The minimum Gasteiger partial charge on any atom is -0.508 e. The van der Waals surface area contributed by atoms with Gasteiger partial charge in [0.1, 0.15) is 21.9 Å². The van der Waals surface area contributed by atoms with Crippen LogP contribution in [0.4, 0.5) is 10.1 Å². The summed E-state index contributed by atoms with van der Waals surface area (Å²) in [6.07, 6.45) is 1.36. The van der Waals surface area contributed by atoms with E-state index in [1.54, 1.807) is 6.07 Å². The average molecular weight is 446 g/mol. The molecular weight excluding hydrogens is 431 g/mol. The van der Waals surface area contributed by atoms with Gasteiger partial charge in [-0.2, -0.15) is 0 Å². The van der Waals surface area contributed by atoms with Gasteiger partial charge in [0.15, 0.2) is 0 Å². The fourth-order valence-corrected chi connectivity index (χ4v) is 4.13. The Morgan fingerprint density at radius 3 is 2.63 bits per heavy atom. The van der Waals surface area contributed by atoms with Crippen molar-refractivity contribution in [1.82, 2.24) is 4.90 Å². The highest BCUT2D eigenvalue weighted by Crippen LogP contribution is 2.34. The van der Waals surface area contributed by atoms with Crippen LogP contribution in [0.1, 0.15) is 22.8 Å². The number of amides is 2. The Morgan fingerprint density at radius 1 is 1.27 bits per heavy atom. The smallest absolute Gasteiger partial charge is 0.337 e. The zero-order chi connectivity index (χ0) is 22.0. The molecule has 10 heteroatoms. The lowest BCUT2D eigenvalue weighted by molar-refractivity contribution is -0.129. The SMILES string of the molecule is CC(C(=O)Nc1ccc(O)cc1C(=O)O)N1C(=O)/C(=C\c2ccccc2F)SC1=S. The molecule has 1 unspecified atom stereocenters. The molecule has 3 rings (SSSR count). The average Bonchev–Trinajstić information content (AvgIpc) is 2.97. The highest BCUT2D eigenvalue weighted by Gasteiger charge is 2.38. The Morgan fingerprint density at radius 2 is 1.97 bits per heavy atom. The Bertz CT molecular complexity index is 1100. The standard InChI is InChI=1S/C20H15FN2O5S2/c1-10(17(25)22-15-7-6-12(24)9-13(15)19(27)28)23-18(26)16(30-20(23)29)8-11-4-2-3-5-14(11)21/h2-10,24H,1H3,(H,22,25)(H,27,28)/b16-8+. The molecule has 2 amide bonds. The van der Waals surface area contributed by atoms with Crippen LogP contribution in [0.25, 0.3) is 6.08 Å². The van der Waals surface area contributed by atoms with E-state index in [0.29, 0.717) is 0 Å². The lowest BCUT2D eigenvalue weighted by Gasteiger charge is -2.22. The first-order valence-electron chi connectivity index (χ1n) is 8.58. The molecule has 2 aromatic carbocycles. The summed E-state index contributed by atoms with van der Waals surface area (Å²) in [6, 6.07) is 8.34. The van der Waals surface area contributed by atoms with Crippen molar-refractivity contribution in [3.63, 3.8) is 0 Å². The Kier molecular flexibility index (Phi) is 6.18. The molecule has 0 aromatic heterocycles. The number of carbonyl (C=O) groups is 3. The number of hydrogen-bond acceptors (Lipinski definition) is 6. The lowest BCUT2D eigenvalue weighted by atomic mass is 10.1. The van der Waals surface area contributed by atoms with Crippen LogP contribution in [0.5, 0.6) is 5.75 Å². The second-order valence-electron chi connectivity index (χ2n) is 6.27. The Balaban J connectivity index is 1.82. The first-order chi connectivity index (χ1) is 14.2. The highest BCUT2D eigenvalue weighted by atomic mass is 32.2. The molecule has 0 aliphatic carbocycles. The summed E-state index contributed by atoms with van der Waals surface area (Å²) < 4.78 is 14.0. The molecule has 3 N–H and O–H groups in total. The second-order valence-corrected chi connectivity index (χ2v) is 7.95. The monoisotopic (exact) mass is 446 g/mol. The molecule has 1 fully saturated rings. The fraction of sp³-hybridized carbons (Fsp3) is 0.100. The zero-order valence-electron chi connectivity index (χ0n) is 15.5. The number of carboxylic acid groups (broad SMARTS) is 1. The van der Waals surface area contributed by atoms with Gasteiger partial charge in [0, 0.05) is 5.56 Å². The van der Waals surface area contributed by atoms with E-state index in [-0.39, 0.29) is 31.8 Å². The van der Waals surface area contributed by atoms with Crippen molar-refractivity contribution in [2.75, 3.05) is 5.32 Å². The number of halogens is 1. The third-order valence-corrected chi connectivity index (χ3v) is 5.60. The molecule has 154 valence electrons. The van der Waals surface area contributed by atoms with Gasteiger partial charge in [-0.3, -0.25) is 14.5 Å². The Hall–Kier alpha value is -3.24. The first kappa shape index (κ1) is 21.5. The van der Waals surface area contributed by atoms with E-state index in [0.717, 1.165) is 22.7 Å². The predicted molar refractivity (Wildman–Crippen MR) is 115 cm³/mol. The molecule has 1 aliphatic heterocycles. The number of hydrogen-bond donors (Lipinski definition) is 3. The number of aromatic hydroxyl groups is 1. The quantitative estimate of drug-likeness (QED) is 0.367. The van der Waals surface area contributed by atoms with Gasteiger partial charge in [-0.15, -0.1) is 0 Å². The van der Waals surface area contributed by atoms with Gasteiger partial charge in [-0.05, 0) is 37.3 Å². The first-order valence-corrected chi connectivity index (χ1v) is 9.80. The number of thioether (sulfide) groups is 1. The third-order valence-electron chi connectivity index (χ3n) is 4.27. The number of benzene rings is 2. The van der Waals surface area contributed by atoms with Crippen LogP contribution in [0.2, 0.25) is 0 Å². The van der Waals surface area contributed by atoms with Crippen molar-refractivity contribution in [3.8, 4) is 5.75 Å². The second kappa shape index (κ2) is 8.64. The summed E-state index contributed by atoms with van der Waals surface area (Å²) in [6.45, 7) is 1.44. The van der Waals surface area contributed by atoms with Gasteiger partial charge >= 0.3 is 5.97 Å². The van der Waals surface area contributed by atoms with Crippen molar-refractivity contribution in [2.24, 2.45) is 0 Å². The predicted octanol–water partition coefficient (Wildman–Crippen LogP) is 3.46. The molecule has 7 nitrogen and oxygen atoms in total. The molecule has 30 heavy (non-hydrogen) atoms. The highest BCUT2D eigenvalue weighted by molar-refractivity contribution is 8.26. The van der Waals surface area contributed by atoms with E-state index in [9.17, 15) is 29.0 Å². The molecule has 2 aromatic rings. The molecule has 0 spiro atoms. The summed E-state index contributed by atoms with van der Waals surface area (Å²) >= 11 is 6.16. The number of thiocarbonyl (C=S) groups is 1. The van der Waals surface area contributed by atoms with Gasteiger partial charge in [0.25, 0.3) is 5.91 Å². The normalized spacial score (nSPS) is 16.1. The van der Waals surface area contributed by atoms with Crippen molar-refractivity contribution in [3.05, 3.63) is 64.3 Å². The van der Waals surface area contributed by atoms with Crippen molar-refractivity contribution < 1.29 is 29.0 Å². The summed E-state index contributed by atoms with van der Waals surface area (Å²) in [5.74, 6) is -3.34. The van der Waals surface area contributed by atoms with Crippen LogP contribution in [-0.4, -0.2) is 43.3 Å². The number of rotatable bonds is 5. The molecule has 0 radical (unpaired) electrons. The van der Waals surface area contributed by atoms with E-state index >= 15 is 0 Å². The lowest BCUT2D eigenvalue weighted by Crippen LogP contribution is -2.44. The molecule has 1 saturated heterocycles. The summed E-state index contributed by atoms with van der Waals surface area (Å²) in [7, 11) is 0. The van der Waals surface area contributed by atoms with Gasteiger partial charge in [-0.1, -0.05) is 42.2 Å². The molecule has 0 saturated carbocycles. The summed E-state index contributed by atoms with van der Waals surface area (Å²) in [4.78, 5) is 38.0. The number of nitrogens with zero attached hydrogens (tertiary/aromatic N) is 1. The minimum atomic E-state index is -1.34. The maximum Gasteiger partial charge on any atom is 0.337 e. The maximum absolute atomic E-state index is 13.9. The third kappa shape index (κ3) is 4.34. The zero-order valence-corrected chi connectivity index (χ0v) is 17.1. The van der Waals surface area contributed by atoms with Gasteiger partial charge in [0.2, 0.25) is 5.91 Å². The maximum atomic E-state index is 13.9. The number of aromatic carboxylic acids is 1. The fourth-order valence-electron chi connectivity index (χ4n) is 2.72. The number of phenolic OH excluding ortho intramolecular Hbond substituents is 1. The van der Waals surface area contributed by atoms with E-state index in [2.05, 4.69) is 5.32 Å². The van der Waals surface area contributed by atoms with E-state index in [4.69, 9.17) is 12.2 Å². The van der Waals surface area contributed by atoms with Crippen LogP contribution in [0.3, 0.4) is 0 Å². The molecular formula is C20H15FN2O5S2. The topological polar surface area (TPSA) is 107 Å². The minimum absolute atomic E-state index is 0.0375. The summed E-state index contributed by atoms with van der Waals surface area (Å²) in [5, 5.41) is 21.1. The summed E-state index contributed by atoms with van der Waals surface area (Å²) in [5.41, 5.74) is -0.129. The van der Waals surface area contributed by atoms with E-state index < -0.39 is 29.6 Å². The van der Waals surface area contributed by atoms with Gasteiger partial charge in [-0.25, -0.2) is 9.18 Å². The number of anilines is 1. The Labute approximate surface area is 180 Å². The van der Waals surface area contributed by atoms with E-state index in [1.807, 2.05) is 0 Å². The molecule has 1 aliphatic rings. The number of phenols is 1. The number of nitrogens with one attached hydrogen (secondary N) is 1. The molecule has 1 atom stereocenters. The number of carboxylic acids is 1. The largest absolute Gasteiger partial charge is 0.508 e. The van der Waals surface area contributed by atoms with Crippen molar-refractivity contribution in [1.29, 1.82) is 0 Å². The van der Waals surface area contributed by atoms with Crippen molar-refractivity contribution >= 4 is 57.8 Å². The molecule has 1 heterocycles. The number of carbonyl (C=O) groups excluding carboxylic acids is 2. The van der Waals surface area contributed by atoms with Crippen LogP contribution >= 0.6 is 24.0 Å². The van der Waals surface area contributed by atoms with Crippen LogP contribution in [-0.2, 0) is 9.59 Å². The van der Waals surface area contributed by atoms with Gasteiger partial charge in [0.05, 0.1) is 16.2 Å².